The van der Waals surface area contributed by atoms with Gasteiger partial charge in [0.15, 0.2) is 0 Å². The highest BCUT2D eigenvalue weighted by atomic mass is 16.4. The molecule has 2 saturated carbocycles. The molecule has 0 bridgehead atoms. The Balaban J connectivity index is 1.70. The first-order valence-corrected chi connectivity index (χ1v) is 4.90. The van der Waals surface area contributed by atoms with Crippen LogP contribution in [-0.4, -0.2) is 29.7 Å². The Labute approximate surface area is 81.9 Å². The Morgan fingerprint density at radius 3 is 2.43 bits per heavy atom. The standard InChI is InChI=1S/C9H14N2O3/c12-7(13)9(3-4-9)5-10-8(14)11-6-1-2-6/h6H,1-5H2,(H,12,13)(H2,10,11,14). The summed E-state index contributed by atoms with van der Waals surface area (Å²) >= 11 is 0. The third-order valence-electron chi connectivity index (χ3n) is 2.81. The number of amides is 2. The highest BCUT2D eigenvalue weighted by Gasteiger charge is 2.50. The molecule has 2 aliphatic carbocycles. The van der Waals surface area contributed by atoms with E-state index in [2.05, 4.69) is 10.6 Å². The van der Waals surface area contributed by atoms with Crippen molar-refractivity contribution in [1.29, 1.82) is 0 Å². The zero-order chi connectivity index (χ0) is 10.2. The summed E-state index contributed by atoms with van der Waals surface area (Å²) < 4.78 is 0. The fourth-order valence-electron chi connectivity index (χ4n) is 1.33. The summed E-state index contributed by atoms with van der Waals surface area (Å²) in [6.07, 6.45) is 3.42. The number of urea groups is 1. The maximum atomic E-state index is 11.2. The van der Waals surface area contributed by atoms with Crippen molar-refractivity contribution in [3.05, 3.63) is 0 Å². The molecule has 3 N–H and O–H groups in total. The molecule has 0 aromatic rings. The van der Waals surface area contributed by atoms with Crippen LogP contribution in [0, 0.1) is 5.41 Å². The van der Waals surface area contributed by atoms with E-state index in [1.165, 1.54) is 0 Å². The van der Waals surface area contributed by atoms with Crippen molar-refractivity contribution in [1.82, 2.24) is 10.6 Å². The van der Waals surface area contributed by atoms with Gasteiger partial charge < -0.3 is 15.7 Å². The normalized spacial score (nSPS) is 22.6. The molecule has 0 unspecified atom stereocenters. The van der Waals surface area contributed by atoms with Gasteiger partial charge in [-0.2, -0.15) is 0 Å². The second kappa shape index (κ2) is 3.15. The van der Waals surface area contributed by atoms with Crippen molar-refractivity contribution in [3.8, 4) is 0 Å². The number of aliphatic carboxylic acids is 1. The van der Waals surface area contributed by atoms with E-state index < -0.39 is 11.4 Å². The van der Waals surface area contributed by atoms with Crippen molar-refractivity contribution in [3.63, 3.8) is 0 Å². The van der Waals surface area contributed by atoms with Crippen LogP contribution >= 0.6 is 0 Å². The highest BCUT2D eigenvalue weighted by Crippen LogP contribution is 2.45. The number of carboxylic acid groups (broad SMARTS) is 1. The van der Waals surface area contributed by atoms with Crippen LogP contribution in [0.1, 0.15) is 25.7 Å². The minimum absolute atomic E-state index is 0.236. The Kier molecular flexibility index (Phi) is 2.09. The van der Waals surface area contributed by atoms with Gasteiger partial charge in [-0.3, -0.25) is 4.79 Å². The summed E-state index contributed by atoms with van der Waals surface area (Å²) in [7, 11) is 0. The third kappa shape index (κ3) is 1.97. The van der Waals surface area contributed by atoms with Crippen LogP contribution in [0.4, 0.5) is 4.79 Å². The Morgan fingerprint density at radius 2 is 2.00 bits per heavy atom. The van der Waals surface area contributed by atoms with E-state index in [1.54, 1.807) is 0 Å². The summed E-state index contributed by atoms with van der Waals surface area (Å²) in [6.45, 7) is 0.251. The summed E-state index contributed by atoms with van der Waals surface area (Å²) in [5.74, 6) is -0.802. The van der Waals surface area contributed by atoms with Gasteiger partial charge in [-0.25, -0.2) is 4.79 Å². The average molecular weight is 198 g/mol. The number of rotatable bonds is 4. The predicted octanol–water partition coefficient (Wildman–Crippen LogP) is 0.313. The number of nitrogens with one attached hydrogen (secondary N) is 2. The molecule has 5 nitrogen and oxygen atoms in total. The molecular weight excluding hydrogens is 184 g/mol. The van der Waals surface area contributed by atoms with Crippen LogP contribution in [0.3, 0.4) is 0 Å². The molecule has 5 heteroatoms. The Morgan fingerprint density at radius 1 is 1.36 bits per heavy atom. The van der Waals surface area contributed by atoms with Crippen molar-refractivity contribution < 1.29 is 14.7 Å². The first-order chi connectivity index (χ1) is 6.62. The van der Waals surface area contributed by atoms with E-state index in [0.29, 0.717) is 18.9 Å². The number of carbonyl (C=O) groups excluding carboxylic acids is 1. The van der Waals surface area contributed by atoms with Gasteiger partial charge in [-0.05, 0) is 25.7 Å². The van der Waals surface area contributed by atoms with E-state index in [-0.39, 0.29) is 12.6 Å². The van der Waals surface area contributed by atoms with Crippen molar-refractivity contribution in [2.45, 2.75) is 31.7 Å². The molecule has 0 spiro atoms. The van der Waals surface area contributed by atoms with Gasteiger partial charge in [0, 0.05) is 12.6 Å². The van der Waals surface area contributed by atoms with Crippen molar-refractivity contribution in [2.75, 3.05) is 6.54 Å². The Bertz CT molecular complexity index is 269. The van der Waals surface area contributed by atoms with Crippen LogP contribution in [-0.2, 0) is 4.79 Å². The predicted molar refractivity (Wildman–Crippen MR) is 48.9 cm³/mol. The monoisotopic (exact) mass is 198 g/mol. The maximum Gasteiger partial charge on any atom is 0.315 e. The van der Waals surface area contributed by atoms with Gasteiger partial charge in [0.05, 0.1) is 5.41 Å². The molecule has 2 aliphatic rings. The summed E-state index contributed by atoms with van der Waals surface area (Å²) in [4.78, 5) is 21.9. The second-order valence-electron chi connectivity index (χ2n) is 4.19. The van der Waals surface area contributed by atoms with Gasteiger partial charge in [0.25, 0.3) is 0 Å². The first-order valence-electron chi connectivity index (χ1n) is 4.90. The highest BCUT2D eigenvalue weighted by molar-refractivity contribution is 5.80. The third-order valence-corrected chi connectivity index (χ3v) is 2.81. The van der Waals surface area contributed by atoms with Gasteiger partial charge in [0.2, 0.25) is 0 Å². The van der Waals surface area contributed by atoms with E-state index in [9.17, 15) is 9.59 Å². The fraction of sp³-hybridized carbons (Fsp3) is 0.778. The molecule has 0 aromatic heterocycles. The van der Waals surface area contributed by atoms with Gasteiger partial charge >= 0.3 is 12.0 Å². The molecule has 0 atom stereocenters. The zero-order valence-electron chi connectivity index (χ0n) is 7.88. The van der Waals surface area contributed by atoms with Crippen LogP contribution in [0.5, 0.6) is 0 Å². The largest absolute Gasteiger partial charge is 0.481 e. The molecule has 0 heterocycles. The van der Waals surface area contributed by atoms with E-state index in [0.717, 1.165) is 12.8 Å². The van der Waals surface area contributed by atoms with Gasteiger partial charge in [0.1, 0.15) is 0 Å². The number of carboxylic acids is 1. The molecule has 0 radical (unpaired) electrons. The summed E-state index contributed by atoms with van der Waals surface area (Å²) in [5, 5.41) is 14.2. The van der Waals surface area contributed by atoms with Crippen LogP contribution in [0.2, 0.25) is 0 Å². The molecule has 2 fully saturated rings. The lowest BCUT2D eigenvalue weighted by Gasteiger charge is -2.11. The maximum absolute atomic E-state index is 11.2. The fourth-order valence-corrected chi connectivity index (χ4v) is 1.33. The minimum Gasteiger partial charge on any atom is -0.481 e. The smallest absolute Gasteiger partial charge is 0.315 e. The average Bonchev–Trinajstić information content (AvgIpc) is 2.97. The van der Waals surface area contributed by atoms with E-state index >= 15 is 0 Å². The van der Waals surface area contributed by atoms with E-state index in [1.807, 2.05) is 0 Å². The Hall–Kier alpha value is -1.26. The molecule has 2 amide bonds. The lowest BCUT2D eigenvalue weighted by Crippen LogP contribution is -2.41. The van der Waals surface area contributed by atoms with Crippen LogP contribution in [0.15, 0.2) is 0 Å². The molecule has 0 saturated heterocycles. The lowest BCUT2D eigenvalue weighted by molar-refractivity contribution is -0.143. The molecule has 2 rings (SSSR count). The summed E-state index contributed by atoms with van der Waals surface area (Å²) in [6, 6.07) is 0.0787. The van der Waals surface area contributed by atoms with Crippen molar-refractivity contribution in [2.24, 2.45) is 5.41 Å². The second-order valence-corrected chi connectivity index (χ2v) is 4.19. The molecule has 14 heavy (non-hydrogen) atoms. The SMILES string of the molecule is O=C(NCC1(C(=O)O)CC1)NC1CC1. The number of hydrogen-bond acceptors (Lipinski definition) is 2. The molecule has 78 valence electrons. The van der Waals surface area contributed by atoms with Gasteiger partial charge in [-0.1, -0.05) is 0 Å². The molecular formula is C9H14N2O3. The van der Waals surface area contributed by atoms with Crippen molar-refractivity contribution >= 4 is 12.0 Å². The quantitative estimate of drug-likeness (QED) is 0.608. The zero-order valence-corrected chi connectivity index (χ0v) is 7.88. The molecule has 0 aromatic carbocycles. The minimum atomic E-state index is -0.802. The lowest BCUT2D eigenvalue weighted by atomic mass is 10.1. The summed E-state index contributed by atoms with van der Waals surface area (Å²) in [5.41, 5.74) is -0.666. The molecule has 0 aliphatic heterocycles. The van der Waals surface area contributed by atoms with E-state index in [4.69, 9.17) is 5.11 Å². The number of carbonyl (C=O) groups is 2. The first kappa shape index (κ1) is 9.30. The van der Waals surface area contributed by atoms with Crippen LogP contribution < -0.4 is 10.6 Å². The van der Waals surface area contributed by atoms with Crippen LogP contribution in [0.25, 0.3) is 0 Å². The number of hydrogen-bond donors (Lipinski definition) is 3. The topological polar surface area (TPSA) is 78.4 Å². The van der Waals surface area contributed by atoms with Gasteiger partial charge in [-0.15, -0.1) is 0 Å².